The number of carbonyl (C=O) groups excluding carboxylic acids is 1. The van der Waals surface area contributed by atoms with E-state index >= 15 is 0 Å². The van der Waals surface area contributed by atoms with Gasteiger partial charge >= 0.3 is 5.97 Å². The van der Waals surface area contributed by atoms with Gasteiger partial charge in [-0.15, -0.1) is 0 Å². The van der Waals surface area contributed by atoms with Crippen molar-refractivity contribution < 1.29 is 14.6 Å². The third kappa shape index (κ3) is 10.3. The summed E-state index contributed by atoms with van der Waals surface area (Å²) in [6, 6.07) is 0. The lowest BCUT2D eigenvalue weighted by Gasteiger charge is -2.30. The summed E-state index contributed by atoms with van der Waals surface area (Å²) in [7, 11) is 0. The van der Waals surface area contributed by atoms with Gasteiger partial charge in [0.15, 0.2) is 0 Å². The van der Waals surface area contributed by atoms with Crippen LogP contribution in [0.4, 0.5) is 0 Å². The van der Waals surface area contributed by atoms with Crippen molar-refractivity contribution in [3.63, 3.8) is 0 Å². The van der Waals surface area contributed by atoms with Crippen LogP contribution in [0.1, 0.15) is 73.6 Å². The first-order valence-corrected chi connectivity index (χ1v) is 6.55. The first-order chi connectivity index (χ1) is 7.66. The molecule has 17 heavy (non-hydrogen) atoms. The highest BCUT2D eigenvalue weighted by Gasteiger charge is 2.28. The summed E-state index contributed by atoms with van der Waals surface area (Å²) in [5.41, 5.74) is -0.281. The molecule has 0 fully saturated rings. The predicted octanol–water partition coefficient (Wildman–Crippen LogP) is 4.26. The van der Waals surface area contributed by atoms with Crippen LogP contribution in [0, 0.1) is 5.41 Å². The highest BCUT2D eigenvalue weighted by molar-refractivity contribution is 5.68. The van der Waals surface area contributed by atoms with Crippen LogP contribution in [0.3, 0.4) is 0 Å². The van der Waals surface area contributed by atoms with E-state index in [1.165, 1.54) is 0 Å². The second kappa shape index (κ2) is 7.00. The second-order valence-electron chi connectivity index (χ2n) is 6.49. The summed E-state index contributed by atoms with van der Waals surface area (Å²) >= 11 is 0. The van der Waals surface area contributed by atoms with E-state index in [9.17, 15) is 4.79 Å². The molecular weight excluding hydrogens is 216 g/mol. The van der Waals surface area contributed by atoms with Gasteiger partial charge in [-0.3, -0.25) is 4.89 Å². The van der Waals surface area contributed by atoms with Gasteiger partial charge in [-0.2, -0.15) is 4.89 Å². The lowest BCUT2D eigenvalue weighted by Crippen LogP contribution is -2.31. The first-order valence-electron chi connectivity index (χ1n) is 6.55. The highest BCUT2D eigenvalue weighted by atomic mass is 17.2. The molecular formula is C14H28O3. The van der Waals surface area contributed by atoms with Crippen molar-refractivity contribution in [2.24, 2.45) is 5.41 Å². The topological polar surface area (TPSA) is 35.5 Å². The van der Waals surface area contributed by atoms with E-state index in [1.54, 1.807) is 0 Å². The van der Waals surface area contributed by atoms with Crippen LogP contribution in [-0.2, 0) is 14.6 Å². The van der Waals surface area contributed by atoms with Crippen LogP contribution >= 0.6 is 0 Å². The third-order valence-corrected chi connectivity index (χ3v) is 2.30. The monoisotopic (exact) mass is 244 g/mol. The molecule has 0 atom stereocenters. The number of carbonyl (C=O) groups is 1. The summed E-state index contributed by atoms with van der Waals surface area (Å²) in [6.07, 6.45) is 4.31. The Morgan fingerprint density at radius 3 is 2.12 bits per heavy atom. The second-order valence-corrected chi connectivity index (χ2v) is 6.49. The summed E-state index contributed by atoms with van der Waals surface area (Å²) < 4.78 is 0. The van der Waals surface area contributed by atoms with Gasteiger partial charge < -0.3 is 0 Å². The zero-order chi connectivity index (χ0) is 13.5. The summed E-state index contributed by atoms with van der Waals surface area (Å²) in [4.78, 5) is 21.5. The maximum Gasteiger partial charge on any atom is 0.342 e. The number of unbranched alkanes of at least 4 members (excludes halogenated alkanes) is 2. The average molecular weight is 244 g/mol. The van der Waals surface area contributed by atoms with Gasteiger partial charge in [0.25, 0.3) is 0 Å². The molecule has 0 aromatic rings. The van der Waals surface area contributed by atoms with Crippen LogP contribution in [0.5, 0.6) is 0 Å². The minimum absolute atomic E-state index is 0.151. The Morgan fingerprint density at radius 1 is 1.06 bits per heavy atom. The van der Waals surface area contributed by atoms with Gasteiger partial charge in [0, 0.05) is 6.42 Å². The number of rotatable bonds is 7. The van der Waals surface area contributed by atoms with Gasteiger partial charge in [-0.25, -0.2) is 4.79 Å². The molecule has 0 aliphatic carbocycles. The molecule has 0 aliphatic heterocycles. The lowest BCUT2D eigenvalue weighted by atomic mass is 9.84. The molecule has 3 heteroatoms. The molecule has 3 nitrogen and oxygen atoms in total. The largest absolute Gasteiger partial charge is 0.342 e. The molecule has 0 N–H and O–H groups in total. The summed E-state index contributed by atoms with van der Waals surface area (Å²) in [5.74, 6) is -0.263. The predicted molar refractivity (Wildman–Crippen MR) is 69.5 cm³/mol. The first kappa shape index (κ1) is 16.4. The van der Waals surface area contributed by atoms with Gasteiger partial charge in [0.1, 0.15) is 5.60 Å². The van der Waals surface area contributed by atoms with Crippen molar-refractivity contribution in [2.45, 2.75) is 79.2 Å². The number of hydrogen-bond acceptors (Lipinski definition) is 3. The fourth-order valence-electron chi connectivity index (χ4n) is 2.03. The van der Waals surface area contributed by atoms with Crippen molar-refractivity contribution in [1.29, 1.82) is 0 Å². The Bertz CT molecular complexity index is 226. The van der Waals surface area contributed by atoms with E-state index in [4.69, 9.17) is 9.78 Å². The van der Waals surface area contributed by atoms with E-state index in [2.05, 4.69) is 27.7 Å². The Morgan fingerprint density at radius 2 is 1.65 bits per heavy atom. The van der Waals surface area contributed by atoms with E-state index in [0.29, 0.717) is 6.42 Å². The molecule has 0 aliphatic rings. The molecule has 0 saturated carbocycles. The van der Waals surface area contributed by atoms with Gasteiger partial charge in [0.2, 0.25) is 0 Å². The maximum atomic E-state index is 11.4. The smallest absolute Gasteiger partial charge is 0.298 e. The van der Waals surface area contributed by atoms with E-state index in [1.807, 2.05) is 13.8 Å². The Hall–Kier alpha value is -0.570. The highest BCUT2D eigenvalue weighted by Crippen LogP contribution is 2.29. The standard InChI is InChI=1S/C14H28O3/c1-7-8-9-10-12(15)16-17-14(5,6)11-13(2,3)4/h7-11H2,1-6H3. The molecule has 0 radical (unpaired) electrons. The Labute approximate surface area is 106 Å². The van der Waals surface area contributed by atoms with E-state index < -0.39 is 5.60 Å². The van der Waals surface area contributed by atoms with Gasteiger partial charge in [-0.05, 0) is 32.1 Å². The van der Waals surface area contributed by atoms with E-state index in [0.717, 1.165) is 25.7 Å². The summed E-state index contributed by atoms with van der Waals surface area (Å²) in [6.45, 7) is 12.4. The fraction of sp³-hybridized carbons (Fsp3) is 0.929. The minimum atomic E-state index is -0.432. The molecule has 0 aromatic carbocycles. The van der Waals surface area contributed by atoms with Crippen LogP contribution in [0.25, 0.3) is 0 Å². The molecule has 0 aromatic heterocycles. The van der Waals surface area contributed by atoms with Crippen molar-refractivity contribution >= 4 is 5.97 Å². The Balaban J connectivity index is 3.88. The fourth-order valence-corrected chi connectivity index (χ4v) is 2.03. The van der Waals surface area contributed by atoms with Gasteiger partial charge in [-0.1, -0.05) is 40.5 Å². The van der Waals surface area contributed by atoms with Crippen molar-refractivity contribution in [2.75, 3.05) is 0 Å². The van der Waals surface area contributed by atoms with Crippen molar-refractivity contribution in [3.05, 3.63) is 0 Å². The van der Waals surface area contributed by atoms with Crippen LogP contribution < -0.4 is 0 Å². The molecule has 0 spiro atoms. The van der Waals surface area contributed by atoms with Crippen LogP contribution in [0.15, 0.2) is 0 Å². The lowest BCUT2D eigenvalue weighted by molar-refractivity contribution is -0.329. The molecule has 0 unspecified atom stereocenters. The molecule has 0 bridgehead atoms. The minimum Gasteiger partial charge on any atom is -0.298 e. The third-order valence-electron chi connectivity index (χ3n) is 2.30. The van der Waals surface area contributed by atoms with Crippen LogP contribution in [0.2, 0.25) is 0 Å². The molecule has 0 rings (SSSR count). The van der Waals surface area contributed by atoms with Crippen LogP contribution in [-0.4, -0.2) is 11.6 Å². The molecule has 0 amide bonds. The zero-order valence-electron chi connectivity index (χ0n) is 12.3. The molecule has 102 valence electrons. The van der Waals surface area contributed by atoms with Gasteiger partial charge in [0.05, 0.1) is 0 Å². The molecule has 0 saturated heterocycles. The molecule has 0 heterocycles. The number of hydrogen-bond donors (Lipinski definition) is 0. The average Bonchev–Trinajstić information content (AvgIpc) is 2.12. The zero-order valence-corrected chi connectivity index (χ0v) is 12.3. The maximum absolute atomic E-state index is 11.4. The summed E-state index contributed by atoms with van der Waals surface area (Å²) in [5, 5.41) is 0. The van der Waals surface area contributed by atoms with Crippen molar-refractivity contribution in [3.8, 4) is 0 Å². The quantitative estimate of drug-likeness (QED) is 0.381. The van der Waals surface area contributed by atoms with Crippen molar-refractivity contribution in [1.82, 2.24) is 0 Å². The van der Waals surface area contributed by atoms with E-state index in [-0.39, 0.29) is 11.4 Å². The normalized spacial score (nSPS) is 12.6. The SMILES string of the molecule is CCCCCC(=O)OOC(C)(C)CC(C)(C)C. The Kier molecular flexibility index (Phi) is 6.76.